The molecule has 1 aromatic carbocycles. The van der Waals surface area contributed by atoms with Gasteiger partial charge < -0.3 is 10.1 Å². The van der Waals surface area contributed by atoms with Crippen LogP contribution >= 0.6 is 0 Å². The molecule has 1 N–H and O–H groups in total. The minimum atomic E-state index is -0.302. The van der Waals surface area contributed by atoms with Crippen LogP contribution in [0.2, 0.25) is 0 Å². The van der Waals surface area contributed by atoms with E-state index in [-0.39, 0.29) is 30.7 Å². The van der Waals surface area contributed by atoms with Gasteiger partial charge in [0.25, 0.3) is 0 Å². The third kappa shape index (κ3) is 7.41. The second kappa shape index (κ2) is 9.07. The fourth-order valence-electron chi connectivity index (χ4n) is 1.70. The van der Waals surface area contributed by atoms with Gasteiger partial charge in [-0.25, -0.2) is 4.39 Å². The molecule has 1 aromatic rings. The van der Waals surface area contributed by atoms with Crippen molar-refractivity contribution in [2.75, 3.05) is 26.7 Å². The van der Waals surface area contributed by atoms with Crippen LogP contribution in [0.15, 0.2) is 24.3 Å². The number of benzene rings is 1. The zero-order valence-corrected chi connectivity index (χ0v) is 12.4. The summed E-state index contributed by atoms with van der Waals surface area (Å²) in [7, 11) is 1.76. The fraction of sp³-hybridized carbons (Fsp3) is 0.467. The number of hydrogen-bond acceptors (Lipinski definition) is 4. The summed E-state index contributed by atoms with van der Waals surface area (Å²) in [5.41, 5.74) is 0.832. The molecule has 0 aromatic heterocycles. The van der Waals surface area contributed by atoms with E-state index in [0.29, 0.717) is 19.7 Å². The molecule has 1 rings (SSSR count). The Hall–Kier alpha value is -1.95. The van der Waals surface area contributed by atoms with Crippen LogP contribution in [0.3, 0.4) is 0 Å². The summed E-state index contributed by atoms with van der Waals surface area (Å²) in [5.74, 6) is -0.717. The van der Waals surface area contributed by atoms with E-state index >= 15 is 0 Å². The largest absolute Gasteiger partial charge is 0.466 e. The van der Waals surface area contributed by atoms with Crippen LogP contribution in [0.25, 0.3) is 0 Å². The molecule has 0 aliphatic carbocycles. The van der Waals surface area contributed by atoms with Crippen molar-refractivity contribution in [2.24, 2.45) is 0 Å². The maximum absolute atomic E-state index is 12.7. The maximum Gasteiger partial charge on any atom is 0.307 e. The first kappa shape index (κ1) is 17.1. The number of nitrogens with zero attached hydrogens (tertiary/aromatic N) is 1. The molecule has 6 heteroatoms. The molecule has 0 saturated carbocycles. The van der Waals surface area contributed by atoms with Gasteiger partial charge in [0.2, 0.25) is 5.91 Å². The first-order valence-corrected chi connectivity index (χ1v) is 6.86. The van der Waals surface area contributed by atoms with Crippen LogP contribution < -0.4 is 5.32 Å². The van der Waals surface area contributed by atoms with Crippen LogP contribution in [0, 0.1) is 5.82 Å². The summed E-state index contributed by atoms with van der Waals surface area (Å²) in [6.45, 7) is 3.12. The van der Waals surface area contributed by atoms with Gasteiger partial charge in [0, 0.05) is 13.1 Å². The van der Waals surface area contributed by atoms with Crippen LogP contribution in [0.4, 0.5) is 4.39 Å². The highest BCUT2D eigenvalue weighted by Gasteiger charge is 2.09. The van der Waals surface area contributed by atoms with Gasteiger partial charge in [0.15, 0.2) is 0 Å². The van der Waals surface area contributed by atoms with Gasteiger partial charge in [-0.1, -0.05) is 12.1 Å². The average Bonchev–Trinajstić information content (AvgIpc) is 2.45. The van der Waals surface area contributed by atoms with Gasteiger partial charge >= 0.3 is 5.97 Å². The van der Waals surface area contributed by atoms with Crippen molar-refractivity contribution >= 4 is 11.9 Å². The van der Waals surface area contributed by atoms with Crippen molar-refractivity contribution in [3.05, 3.63) is 35.6 Å². The Bertz CT molecular complexity index is 462. The van der Waals surface area contributed by atoms with Crippen molar-refractivity contribution in [3.8, 4) is 0 Å². The molecule has 116 valence electrons. The Kier molecular flexibility index (Phi) is 7.39. The maximum atomic E-state index is 12.7. The van der Waals surface area contributed by atoms with Crippen molar-refractivity contribution in [1.29, 1.82) is 0 Å². The molecule has 0 bridgehead atoms. The first-order valence-electron chi connectivity index (χ1n) is 6.86. The molecule has 21 heavy (non-hydrogen) atoms. The number of ether oxygens (including phenoxy) is 1. The quantitative estimate of drug-likeness (QED) is 0.735. The number of carbonyl (C=O) groups excluding carboxylic acids is 2. The molecule has 0 saturated heterocycles. The van der Waals surface area contributed by atoms with Crippen LogP contribution in [-0.4, -0.2) is 43.5 Å². The third-order valence-corrected chi connectivity index (χ3v) is 2.82. The molecule has 0 unspecified atom stereocenters. The van der Waals surface area contributed by atoms with E-state index in [4.69, 9.17) is 4.74 Å². The Morgan fingerprint density at radius 2 is 1.95 bits per heavy atom. The lowest BCUT2D eigenvalue weighted by Crippen LogP contribution is -2.35. The van der Waals surface area contributed by atoms with Gasteiger partial charge in [-0.2, -0.15) is 0 Å². The van der Waals surface area contributed by atoms with Crippen molar-refractivity contribution in [3.63, 3.8) is 0 Å². The van der Waals surface area contributed by atoms with E-state index < -0.39 is 0 Å². The first-order chi connectivity index (χ1) is 10.0. The molecular weight excluding hydrogens is 275 g/mol. The van der Waals surface area contributed by atoms with Gasteiger partial charge in [-0.05, 0) is 31.7 Å². The predicted octanol–water partition coefficient (Wildman–Crippen LogP) is 1.33. The summed E-state index contributed by atoms with van der Waals surface area (Å²) in [6.07, 6.45) is 0.260. The molecule has 0 heterocycles. The highest BCUT2D eigenvalue weighted by Crippen LogP contribution is 2.02. The van der Waals surface area contributed by atoms with Gasteiger partial charge in [0.05, 0.1) is 19.6 Å². The monoisotopic (exact) mass is 296 g/mol. The van der Waals surface area contributed by atoms with Gasteiger partial charge in [-0.15, -0.1) is 0 Å². The lowest BCUT2D eigenvalue weighted by Gasteiger charge is -2.15. The minimum absolute atomic E-state index is 0.148. The SMILES string of the molecule is CCOC(=O)CCN(C)CC(=O)NCc1ccc(F)cc1. The molecular formula is C15H21FN2O3. The topological polar surface area (TPSA) is 58.6 Å². The summed E-state index contributed by atoms with van der Waals surface area (Å²) < 4.78 is 17.5. The van der Waals surface area contributed by atoms with Crippen molar-refractivity contribution in [2.45, 2.75) is 19.9 Å². The molecule has 1 amide bonds. The molecule has 0 aliphatic rings. The summed E-state index contributed by atoms with van der Waals surface area (Å²) in [4.78, 5) is 24.7. The van der Waals surface area contributed by atoms with Crippen molar-refractivity contribution < 1.29 is 18.7 Å². The highest BCUT2D eigenvalue weighted by atomic mass is 19.1. The lowest BCUT2D eigenvalue weighted by molar-refractivity contribution is -0.143. The lowest BCUT2D eigenvalue weighted by atomic mass is 10.2. The number of amides is 1. The fourth-order valence-corrected chi connectivity index (χ4v) is 1.70. The summed E-state index contributed by atoms with van der Waals surface area (Å²) >= 11 is 0. The zero-order valence-electron chi connectivity index (χ0n) is 12.4. The van der Waals surface area contributed by atoms with Crippen LogP contribution in [-0.2, 0) is 20.9 Å². The van der Waals surface area contributed by atoms with Gasteiger partial charge in [-0.3, -0.25) is 14.5 Å². The Morgan fingerprint density at radius 1 is 1.29 bits per heavy atom. The standard InChI is InChI=1S/C15H21FN2O3/c1-3-21-15(20)8-9-18(2)11-14(19)17-10-12-4-6-13(16)7-5-12/h4-7H,3,8-11H2,1-2H3,(H,17,19). The molecule has 0 atom stereocenters. The second-order valence-corrected chi connectivity index (χ2v) is 4.70. The second-order valence-electron chi connectivity index (χ2n) is 4.70. The number of esters is 1. The summed E-state index contributed by atoms with van der Waals surface area (Å²) in [5, 5.41) is 2.74. The Labute approximate surface area is 124 Å². The van der Waals surface area contributed by atoms with E-state index in [1.165, 1.54) is 12.1 Å². The van der Waals surface area contributed by atoms with E-state index in [1.807, 2.05) is 0 Å². The Balaban J connectivity index is 2.23. The number of likely N-dealkylation sites (N-methyl/N-ethyl adjacent to an activating group) is 1. The number of halogens is 1. The number of rotatable bonds is 8. The normalized spacial score (nSPS) is 10.5. The van der Waals surface area contributed by atoms with Crippen molar-refractivity contribution in [1.82, 2.24) is 10.2 Å². The predicted molar refractivity (Wildman–Crippen MR) is 77.0 cm³/mol. The third-order valence-electron chi connectivity index (χ3n) is 2.82. The minimum Gasteiger partial charge on any atom is -0.466 e. The Morgan fingerprint density at radius 3 is 2.57 bits per heavy atom. The number of hydrogen-bond donors (Lipinski definition) is 1. The van der Waals surface area contributed by atoms with E-state index in [0.717, 1.165) is 5.56 Å². The molecule has 0 fully saturated rings. The molecule has 5 nitrogen and oxygen atoms in total. The zero-order chi connectivity index (χ0) is 15.7. The smallest absolute Gasteiger partial charge is 0.307 e. The highest BCUT2D eigenvalue weighted by molar-refractivity contribution is 5.78. The summed E-state index contributed by atoms with van der Waals surface area (Å²) in [6, 6.07) is 5.96. The number of nitrogens with one attached hydrogen (secondary N) is 1. The molecule has 0 spiro atoms. The van der Waals surface area contributed by atoms with E-state index in [1.54, 1.807) is 31.0 Å². The molecule has 0 radical (unpaired) electrons. The van der Waals surface area contributed by atoms with E-state index in [2.05, 4.69) is 5.32 Å². The molecule has 0 aliphatic heterocycles. The number of carbonyl (C=O) groups is 2. The van der Waals surface area contributed by atoms with E-state index in [9.17, 15) is 14.0 Å². The van der Waals surface area contributed by atoms with Crippen LogP contribution in [0.5, 0.6) is 0 Å². The van der Waals surface area contributed by atoms with Crippen LogP contribution in [0.1, 0.15) is 18.9 Å². The van der Waals surface area contributed by atoms with Gasteiger partial charge in [0.1, 0.15) is 5.82 Å². The average molecular weight is 296 g/mol.